The van der Waals surface area contributed by atoms with E-state index in [0.29, 0.717) is 12.8 Å². The Morgan fingerprint density at radius 2 is 1.51 bits per heavy atom. The molecule has 0 aliphatic carbocycles. The average molecular weight is 698 g/mol. The lowest BCUT2D eigenvalue weighted by Crippen LogP contribution is -2.57. The van der Waals surface area contributed by atoms with Crippen LogP contribution in [0, 0.1) is 20.2 Å². The number of carbonyl (C=O) groups excluding carboxylic acids is 2. The van der Waals surface area contributed by atoms with E-state index >= 15 is 0 Å². The minimum absolute atomic E-state index is 0.0959. The number of likely N-dealkylation sites (tertiary alicyclic amines) is 1. The number of nitro benzene ring substituents is 2. The summed E-state index contributed by atoms with van der Waals surface area (Å²) in [7, 11) is -9.30. The first-order chi connectivity index (χ1) is 21.9. The Morgan fingerprint density at radius 3 is 2.09 bits per heavy atom. The number of hydrogen-bond acceptors (Lipinski definition) is 12. The van der Waals surface area contributed by atoms with Gasteiger partial charge in [0.25, 0.3) is 11.4 Å². The number of para-hydroxylation sites is 1. The van der Waals surface area contributed by atoms with Crippen LogP contribution in [-0.2, 0) is 33.9 Å². The molecule has 0 saturated carbocycles. The zero-order valence-electron chi connectivity index (χ0n) is 25.8. The summed E-state index contributed by atoms with van der Waals surface area (Å²) in [6.07, 6.45) is -1.35. The van der Waals surface area contributed by atoms with Gasteiger partial charge in [-0.15, -0.1) is 0 Å². The van der Waals surface area contributed by atoms with Crippen molar-refractivity contribution in [2.45, 2.75) is 80.0 Å². The Balaban J connectivity index is 1.55. The first-order valence-corrected chi connectivity index (χ1v) is 17.4. The normalized spacial score (nSPS) is 19.9. The van der Waals surface area contributed by atoms with Crippen molar-refractivity contribution in [2.24, 2.45) is 0 Å². The fourth-order valence-electron chi connectivity index (χ4n) is 5.27. The lowest BCUT2D eigenvalue weighted by Gasteiger charge is -2.39. The number of ether oxygens (including phenoxy) is 1. The molecule has 19 heteroatoms. The average Bonchev–Trinajstić information content (AvgIpc) is 3.00. The molecule has 1 N–H and O–H groups in total. The highest BCUT2D eigenvalue weighted by molar-refractivity contribution is 7.89. The van der Waals surface area contributed by atoms with E-state index in [1.54, 1.807) is 20.8 Å². The van der Waals surface area contributed by atoms with E-state index in [4.69, 9.17) is 8.92 Å². The molecule has 2 saturated heterocycles. The molecule has 2 atom stereocenters. The minimum atomic E-state index is -4.75. The van der Waals surface area contributed by atoms with Crippen LogP contribution < -0.4 is 5.32 Å². The molecule has 0 radical (unpaired) electrons. The molecule has 2 aromatic carbocycles. The molecule has 0 unspecified atom stereocenters. The molecular formula is C28H35N5O12S2. The molecule has 2 heterocycles. The Bertz CT molecular complexity index is 1740. The Labute approximate surface area is 271 Å². The lowest BCUT2D eigenvalue weighted by molar-refractivity contribution is -0.387. The van der Waals surface area contributed by atoms with Crippen molar-refractivity contribution in [2.75, 3.05) is 19.6 Å². The number of nitrogens with zero attached hydrogens (tertiary/aromatic N) is 4. The van der Waals surface area contributed by atoms with Crippen molar-refractivity contribution in [1.82, 2.24) is 14.5 Å². The number of carbonyl (C=O) groups is 2. The zero-order valence-corrected chi connectivity index (χ0v) is 27.4. The van der Waals surface area contributed by atoms with Crippen LogP contribution in [0.25, 0.3) is 0 Å². The van der Waals surface area contributed by atoms with Gasteiger partial charge < -0.3 is 15.0 Å². The molecule has 2 aliphatic rings. The lowest BCUT2D eigenvalue weighted by atomic mass is 10.00. The molecule has 47 heavy (non-hydrogen) atoms. The molecule has 256 valence electrons. The molecule has 0 bridgehead atoms. The SMILES string of the molecule is CC(C)(C)OC(=O)N1CCC(NC(=O)[C@@H]2CC[C@@H](OS(=O)(=O)c3ccccc3[N+](=O)[O-])CN2S(=O)(=O)c2ccc([N+](=O)[O-])cc2)CC1. The molecule has 0 aromatic heterocycles. The first kappa shape index (κ1) is 35.7. The molecule has 4 rings (SSSR count). The fraction of sp³-hybridized carbons (Fsp3) is 0.500. The van der Waals surface area contributed by atoms with Gasteiger partial charge in [0.05, 0.1) is 20.8 Å². The summed E-state index contributed by atoms with van der Waals surface area (Å²) in [5.41, 5.74) is -1.78. The molecule has 2 fully saturated rings. The van der Waals surface area contributed by atoms with Crippen molar-refractivity contribution in [3.63, 3.8) is 0 Å². The summed E-state index contributed by atoms with van der Waals surface area (Å²) >= 11 is 0. The van der Waals surface area contributed by atoms with Gasteiger partial charge in [-0.3, -0.25) is 29.2 Å². The van der Waals surface area contributed by atoms with E-state index in [-0.39, 0.29) is 36.5 Å². The monoisotopic (exact) mass is 697 g/mol. The third-order valence-corrected chi connectivity index (χ3v) is 10.8. The Kier molecular flexibility index (Phi) is 10.5. The van der Waals surface area contributed by atoms with Gasteiger partial charge in [-0.05, 0) is 64.7 Å². The van der Waals surface area contributed by atoms with Crippen LogP contribution in [0.1, 0.15) is 46.5 Å². The van der Waals surface area contributed by atoms with Crippen LogP contribution in [0.15, 0.2) is 58.3 Å². The van der Waals surface area contributed by atoms with Gasteiger partial charge in [0, 0.05) is 43.9 Å². The highest BCUT2D eigenvalue weighted by Gasteiger charge is 2.44. The van der Waals surface area contributed by atoms with E-state index in [9.17, 15) is 46.7 Å². The predicted octanol–water partition coefficient (Wildman–Crippen LogP) is 2.95. The molecule has 0 spiro atoms. The van der Waals surface area contributed by atoms with Crippen LogP contribution in [-0.4, -0.2) is 91.3 Å². The smallest absolute Gasteiger partial charge is 0.410 e. The third kappa shape index (κ3) is 8.59. The Hall–Kier alpha value is -4.20. The molecule has 2 aliphatic heterocycles. The van der Waals surface area contributed by atoms with Crippen molar-refractivity contribution < 1.29 is 45.2 Å². The molecule has 2 amide bonds. The molecule has 2 aromatic rings. The number of piperidine rings is 2. The second kappa shape index (κ2) is 13.9. The second-order valence-corrected chi connectivity index (χ2v) is 15.5. The maximum atomic E-state index is 13.9. The minimum Gasteiger partial charge on any atom is -0.444 e. The summed E-state index contributed by atoms with van der Waals surface area (Å²) in [5, 5.41) is 25.4. The van der Waals surface area contributed by atoms with E-state index in [1.807, 2.05) is 0 Å². The number of sulfonamides is 1. The van der Waals surface area contributed by atoms with E-state index in [2.05, 4.69) is 5.32 Å². The highest BCUT2D eigenvalue weighted by Crippen LogP contribution is 2.32. The number of benzene rings is 2. The summed E-state index contributed by atoms with van der Waals surface area (Å²) in [6, 6.07) is 6.79. The van der Waals surface area contributed by atoms with Crippen molar-refractivity contribution in [3.05, 3.63) is 68.8 Å². The summed E-state index contributed by atoms with van der Waals surface area (Å²) < 4.78 is 65.4. The van der Waals surface area contributed by atoms with E-state index < -0.39 is 82.9 Å². The highest BCUT2D eigenvalue weighted by atomic mass is 32.2. The quantitative estimate of drug-likeness (QED) is 0.227. The maximum absolute atomic E-state index is 13.9. The number of rotatable bonds is 9. The number of nitro groups is 2. The number of hydrogen-bond donors (Lipinski definition) is 1. The van der Waals surface area contributed by atoms with Gasteiger partial charge in [-0.1, -0.05) is 12.1 Å². The zero-order chi connectivity index (χ0) is 34.7. The largest absolute Gasteiger partial charge is 0.444 e. The van der Waals surface area contributed by atoms with Crippen molar-refractivity contribution in [3.8, 4) is 0 Å². The van der Waals surface area contributed by atoms with Crippen molar-refractivity contribution in [1.29, 1.82) is 0 Å². The second-order valence-electron chi connectivity index (χ2n) is 12.1. The maximum Gasteiger partial charge on any atom is 0.410 e. The predicted molar refractivity (Wildman–Crippen MR) is 164 cm³/mol. The van der Waals surface area contributed by atoms with Crippen LogP contribution in [0.5, 0.6) is 0 Å². The summed E-state index contributed by atoms with van der Waals surface area (Å²) in [5.74, 6) is -0.661. The standard InChI is InChI=1S/C28H35N5O12S2/c1-28(2,3)44-27(35)30-16-14-19(15-17-30)29-26(34)24-13-10-21(45-47(42,43)25-7-5-4-6-23(25)33(38)39)18-31(24)46(40,41)22-11-8-20(9-12-22)32(36)37/h4-9,11-12,19,21,24H,10,13-18H2,1-3H3,(H,29,34)/t21-,24+/m1/s1. The van der Waals surface area contributed by atoms with Gasteiger partial charge >= 0.3 is 16.2 Å². The van der Waals surface area contributed by atoms with Crippen LogP contribution in [0.3, 0.4) is 0 Å². The number of amides is 2. The fourth-order valence-corrected chi connectivity index (χ4v) is 8.18. The topological polar surface area (TPSA) is 226 Å². The third-order valence-electron chi connectivity index (χ3n) is 7.54. The molecule has 17 nitrogen and oxygen atoms in total. The summed E-state index contributed by atoms with van der Waals surface area (Å²) in [4.78, 5) is 47.4. The number of nitrogens with one attached hydrogen (secondary N) is 1. The first-order valence-electron chi connectivity index (χ1n) is 14.6. The van der Waals surface area contributed by atoms with Gasteiger partial charge in [0.15, 0.2) is 4.90 Å². The van der Waals surface area contributed by atoms with Crippen LogP contribution in [0.4, 0.5) is 16.2 Å². The van der Waals surface area contributed by atoms with Crippen LogP contribution in [0.2, 0.25) is 0 Å². The Morgan fingerprint density at radius 1 is 0.894 bits per heavy atom. The van der Waals surface area contributed by atoms with Crippen LogP contribution >= 0.6 is 0 Å². The summed E-state index contributed by atoms with van der Waals surface area (Å²) in [6.45, 7) is 5.19. The van der Waals surface area contributed by atoms with E-state index in [1.165, 1.54) is 17.0 Å². The van der Waals surface area contributed by atoms with E-state index in [0.717, 1.165) is 40.7 Å². The van der Waals surface area contributed by atoms with Crippen molar-refractivity contribution >= 4 is 43.5 Å². The van der Waals surface area contributed by atoms with Gasteiger partial charge in [-0.25, -0.2) is 13.2 Å². The molecular weight excluding hydrogens is 662 g/mol. The van der Waals surface area contributed by atoms with Gasteiger partial charge in [0.1, 0.15) is 11.6 Å². The number of non-ortho nitro benzene ring substituents is 1. The van der Waals surface area contributed by atoms with Gasteiger partial charge in [0.2, 0.25) is 15.9 Å². The van der Waals surface area contributed by atoms with Gasteiger partial charge in [-0.2, -0.15) is 12.7 Å².